The lowest BCUT2D eigenvalue weighted by Crippen LogP contribution is -2.38. The summed E-state index contributed by atoms with van der Waals surface area (Å²) in [6.07, 6.45) is 7.07. The van der Waals surface area contributed by atoms with Gasteiger partial charge in [0, 0.05) is 24.7 Å². The third-order valence-electron chi connectivity index (χ3n) is 3.76. The summed E-state index contributed by atoms with van der Waals surface area (Å²) in [5.41, 5.74) is -0.199. The molecule has 1 saturated carbocycles. The maximum Gasteiger partial charge on any atom is 0.356 e. The second-order valence-electron chi connectivity index (χ2n) is 5.33. The zero-order chi connectivity index (χ0) is 13.9. The highest BCUT2D eigenvalue weighted by molar-refractivity contribution is 5.85. The predicted molar refractivity (Wildman–Crippen MR) is 68.8 cm³/mol. The number of imidazole rings is 1. The summed E-state index contributed by atoms with van der Waals surface area (Å²) in [4.78, 5) is 26.5. The summed E-state index contributed by atoms with van der Waals surface area (Å²) in [6, 6.07) is 0. The Labute approximate surface area is 111 Å². The Hall–Kier alpha value is -1.85. The van der Waals surface area contributed by atoms with Crippen molar-refractivity contribution in [2.45, 2.75) is 39.2 Å². The second kappa shape index (κ2) is 5.42. The highest BCUT2D eigenvalue weighted by Crippen LogP contribution is 2.37. The number of carboxylic acids is 1. The van der Waals surface area contributed by atoms with Gasteiger partial charge in [-0.15, -0.1) is 0 Å². The molecule has 1 amide bonds. The fourth-order valence-electron chi connectivity index (χ4n) is 2.49. The normalized spacial score (nSPS) is 17.3. The smallest absolute Gasteiger partial charge is 0.356 e. The van der Waals surface area contributed by atoms with E-state index in [1.54, 1.807) is 4.57 Å². The van der Waals surface area contributed by atoms with E-state index in [2.05, 4.69) is 10.3 Å². The van der Waals surface area contributed by atoms with Crippen molar-refractivity contribution in [2.24, 2.45) is 5.41 Å². The van der Waals surface area contributed by atoms with Gasteiger partial charge in [0.05, 0.1) is 6.33 Å². The van der Waals surface area contributed by atoms with Gasteiger partial charge < -0.3 is 15.0 Å². The zero-order valence-corrected chi connectivity index (χ0v) is 11.1. The fourth-order valence-corrected chi connectivity index (χ4v) is 2.49. The number of hydrogen-bond donors (Lipinski definition) is 2. The molecule has 0 radical (unpaired) electrons. The number of aromatic nitrogens is 2. The van der Waals surface area contributed by atoms with Crippen LogP contribution in [-0.4, -0.2) is 33.1 Å². The van der Waals surface area contributed by atoms with E-state index in [0.29, 0.717) is 13.1 Å². The van der Waals surface area contributed by atoms with Crippen LogP contribution in [-0.2, 0) is 11.3 Å². The molecule has 1 aromatic rings. The van der Waals surface area contributed by atoms with E-state index in [9.17, 15) is 9.59 Å². The molecule has 1 aliphatic carbocycles. The first-order chi connectivity index (χ1) is 9.01. The van der Waals surface area contributed by atoms with Crippen molar-refractivity contribution in [1.29, 1.82) is 0 Å². The Bertz CT molecular complexity index is 475. The molecule has 0 spiro atoms. The van der Waals surface area contributed by atoms with Gasteiger partial charge in [-0.05, 0) is 12.8 Å². The average molecular weight is 265 g/mol. The van der Waals surface area contributed by atoms with Crippen LogP contribution < -0.4 is 5.32 Å². The molecule has 2 rings (SSSR count). The molecule has 0 aromatic carbocycles. The highest BCUT2D eigenvalue weighted by Gasteiger charge is 2.35. The lowest BCUT2D eigenvalue weighted by molar-refractivity contribution is -0.129. The van der Waals surface area contributed by atoms with Gasteiger partial charge in [-0.2, -0.15) is 0 Å². The molecule has 1 heterocycles. The van der Waals surface area contributed by atoms with Gasteiger partial charge >= 0.3 is 5.97 Å². The highest BCUT2D eigenvalue weighted by atomic mass is 16.4. The van der Waals surface area contributed by atoms with Gasteiger partial charge in [0.1, 0.15) is 0 Å². The van der Waals surface area contributed by atoms with E-state index in [1.165, 1.54) is 12.5 Å². The number of nitrogens with zero attached hydrogens (tertiary/aromatic N) is 2. The van der Waals surface area contributed by atoms with Crippen molar-refractivity contribution in [3.05, 3.63) is 18.2 Å². The van der Waals surface area contributed by atoms with Crippen molar-refractivity contribution in [3.8, 4) is 0 Å². The number of carbonyl (C=O) groups excluding carboxylic acids is 1. The molecule has 104 valence electrons. The molecule has 0 atom stereocenters. The molecule has 0 saturated heterocycles. The van der Waals surface area contributed by atoms with Crippen molar-refractivity contribution >= 4 is 11.9 Å². The lowest BCUT2D eigenvalue weighted by atomic mass is 9.88. The largest absolute Gasteiger partial charge is 0.476 e. The Morgan fingerprint density at radius 2 is 2.16 bits per heavy atom. The van der Waals surface area contributed by atoms with E-state index in [1.807, 2.05) is 6.92 Å². The molecule has 2 N–H and O–H groups in total. The second-order valence-corrected chi connectivity index (χ2v) is 5.33. The van der Waals surface area contributed by atoms with Crippen LogP contribution in [0.5, 0.6) is 0 Å². The van der Waals surface area contributed by atoms with Crippen LogP contribution in [0.3, 0.4) is 0 Å². The minimum Gasteiger partial charge on any atom is -0.476 e. The number of amides is 1. The molecule has 0 aliphatic heterocycles. The third kappa shape index (κ3) is 3.13. The minimum atomic E-state index is -1.04. The Morgan fingerprint density at radius 1 is 1.47 bits per heavy atom. The number of rotatable bonds is 5. The first-order valence-electron chi connectivity index (χ1n) is 6.55. The van der Waals surface area contributed by atoms with Crippen LogP contribution >= 0.6 is 0 Å². The monoisotopic (exact) mass is 265 g/mol. The maximum absolute atomic E-state index is 12.0. The average Bonchev–Trinajstić information content (AvgIpc) is 2.99. The zero-order valence-electron chi connectivity index (χ0n) is 11.1. The SMILES string of the molecule is CC1(C(=O)NCCn2cnc(C(=O)O)c2)CCCC1. The minimum absolute atomic E-state index is 0.0223. The van der Waals surface area contributed by atoms with Crippen molar-refractivity contribution in [1.82, 2.24) is 14.9 Å². The standard InChI is InChI=1S/C13H19N3O3/c1-13(4-2-3-5-13)12(19)14-6-7-16-8-10(11(17)18)15-9-16/h8-9H,2-7H2,1H3,(H,14,19)(H,17,18). The fraction of sp³-hybridized carbons (Fsp3) is 0.615. The topological polar surface area (TPSA) is 84.2 Å². The van der Waals surface area contributed by atoms with E-state index in [-0.39, 0.29) is 17.0 Å². The molecular weight excluding hydrogens is 246 g/mol. The summed E-state index contributed by atoms with van der Waals surface area (Å²) in [5, 5.41) is 11.7. The quantitative estimate of drug-likeness (QED) is 0.840. The van der Waals surface area contributed by atoms with Crippen molar-refractivity contribution in [3.63, 3.8) is 0 Å². The lowest BCUT2D eigenvalue weighted by Gasteiger charge is -2.22. The Balaban J connectivity index is 1.79. The van der Waals surface area contributed by atoms with Gasteiger partial charge in [-0.25, -0.2) is 9.78 Å². The van der Waals surface area contributed by atoms with Crippen LogP contribution in [0.2, 0.25) is 0 Å². The van der Waals surface area contributed by atoms with E-state index < -0.39 is 5.97 Å². The summed E-state index contributed by atoms with van der Waals surface area (Å²) >= 11 is 0. The summed E-state index contributed by atoms with van der Waals surface area (Å²) in [5.74, 6) is -0.940. The summed E-state index contributed by atoms with van der Waals surface area (Å²) in [7, 11) is 0. The van der Waals surface area contributed by atoms with Gasteiger partial charge in [0.15, 0.2) is 5.69 Å². The van der Waals surface area contributed by atoms with Crippen molar-refractivity contribution in [2.75, 3.05) is 6.54 Å². The van der Waals surface area contributed by atoms with Crippen LogP contribution in [0.15, 0.2) is 12.5 Å². The Morgan fingerprint density at radius 3 is 2.74 bits per heavy atom. The molecule has 1 aliphatic rings. The van der Waals surface area contributed by atoms with E-state index in [4.69, 9.17) is 5.11 Å². The van der Waals surface area contributed by atoms with E-state index in [0.717, 1.165) is 25.7 Å². The van der Waals surface area contributed by atoms with Crippen LogP contribution in [0.25, 0.3) is 0 Å². The number of carboxylic acid groups (broad SMARTS) is 1. The molecule has 1 aromatic heterocycles. The summed E-state index contributed by atoms with van der Waals surface area (Å²) in [6.45, 7) is 3.03. The van der Waals surface area contributed by atoms with Crippen LogP contribution in [0, 0.1) is 5.41 Å². The molecule has 0 bridgehead atoms. The number of hydrogen-bond acceptors (Lipinski definition) is 3. The predicted octanol–water partition coefficient (Wildman–Crippen LogP) is 1.28. The number of carbonyl (C=O) groups is 2. The number of aromatic carboxylic acids is 1. The Kier molecular flexibility index (Phi) is 3.87. The molecule has 19 heavy (non-hydrogen) atoms. The first kappa shape index (κ1) is 13.6. The van der Waals surface area contributed by atoms with Crippen LogP contribution in [0.4, 0.5) is 0 Å². The molecule has 6 nitrogen and oxygen atoms in total. The molecular formula is C13H19N3O3. The third-order valence-corrected chi connectivity index (χ3v) is 3.76. The van der Waals surface area contributed by atoms with Crippen molar-refractivity contribution < 1.29 is 14.7 Å². The maximum atomic E-state index is 12.0. The molecule has 1 fully saturated rings. The first-order valence-corrected chi connectivity index (χ1v) is 6.55. The number of nitrogens with one attached hydrogen (secondary N) is 1. The van der Waals surface area contributed by atoms with Gasteiger partial charge in [0.25, 0.3) is 0 Å². The van der Waals surface area contributed by atoms with Crippen LogP contribution in [0.1, 0.15) is 43.1 Å². The molecule has 0 unspecified atom stereocenters. The summed E-state index contributed by atoms with van der Waals surface area (Å²) < 4.78 is 1.67. The van der Waals surface area contributed by atoms with Gasteiger partial charge in [-0.1, -0.05) is 19.8 Å². The molecule has 6 heteroatoms. The van der Waals surface area contributed by atoms with Gasteiger partial charge in [0.2, 0.25) is 5.91 Å². The van der Waals surface area contributed by atoms with E-state index >= 15 is 0 Å². The van der Waals surface area contributed by atoms with Gasteiger partial charge in [-0.3, -0.25) is 4.79 Å².